The van der Waals surface area contributed by atoms with Crippen LogP contribution in [0.1, 0.15) is 24.1 Å². The topological polar surface area (TPSA) is 52.4 Å². The first-order valence-electron chi connectivity index (χ1n) is 10.6. The zero-order chi connectivity index (χ0) is 22.5. The number of piperidine rings is 1. The Morgan fingerprint density at radius 1 is 1.34 bits per heavy atom. The second-order valence-electron chi connectivity index (χ2n) is 8.64. The third kappa shape index (κ3) is 3.83. The summed E-state index contributed by atoms with van der Waals surface area (Å²) >= 11 is 7.49. The fourth-order valence-corrected chi connectivity index (χ4v) is 6.73. The van der Waals surface area contributed by atoms with E-state index in [4.69, 9.17) is 21.1 Å². The van der Waals surface area contributed by atoms with Gasteiger partial charge in [-0.1, -0.05) is 11.6 Å². The molecule has 0 bridgehead atoms. The fourth-order valence-electron chi connectivity index (χ4n) is 4.89. The zero-order valence-corrected chi connectivity index (χ0v) is 19.5. The first kappa shape index (κ1) is 22.1. The van der Waals surface area contributed by atoms with E-state index in [9.17, 15) is 8.78 Å². The summed E-state index contributed by atoms with van der Waals surface area (Å²) in [5.41, 5.74) is 1.47. The molecule has 0 aliphatic carbocycles. The van der Waals surface area contributed by atoms with E-state index in [1.54, 1.807) is 18.0 Å². The molecule has 2 atom stereocenters. The van der Waals surface area contributed by atoms with E-state index in [2.05, 4.69) is 15.0 Å². The predicted octanol–water partition coefficient (Wildman–Crippen LogP) is 4.40. The van der Waals surface area contributed by atoms with Gasteiger partial charge in [0, 0.05) is 37.6 Å². The summed E-state index contributed by atoms with van der Waals surface area (Å²) < 4.78 is 42.3. The van der Waals surface area contributed by atoms with Crippen LogP contribution in [0.3, 0.4) is 0 Å². The molecular formula is C22H25ClF2N4O2S. The number of pyridine rings is 1. The fraction of sp³-hybridized carbons (Fsp3) is 0.545. The van der Waals surface area contributed by atoms with Crippen LogP contribution in [-0.2, 0) is 11.3 Å². The van der Waals surface area contributed by atoms with Crippen molar-refractivity contribution in [3.05, 3.63) is 46.2 Å². The van der Waals surface area contributed by atoms with Crippen LogP contribution in [0.25, 0.3) is 5.82 Å². The lowest BCUT2D eigenvalue weighted by Crippen LogP contribution is -2.61. The maximum absolute atomic E-state index is 14.4. The van der Waals surface area contributed by atoms with Gasteiger partial charge < -0.3 is 9.47 Å². The van der Waals surface area contributed by atoms with Crippen molar-refractivity contribution in [3.63, 3.8) is 0 Å². The highest BCUT2D eigenvalue weighted by atomic mass is 35.5. The highest BCUT2D eigenvalue weighted by Gasteiger charge is 2.60. The molecule has 32 heavy (non-hydrogen) atoms. The lowest BCUT2D eigenvalue weighted by Gasteiger charge is -2.51. The Hall–Kier alpha value is -1.68. The lowest BCUT2D eigenvalue weighted by molar-refractivity contribution is -0.215. The molecular weight excluding hydrogens is 458 g/mol. The third-order valence-electron chi connectivity index (χ3n) is 6.72. The van der Waals surface area contributed by atoms with Gasteiger partial charge in [0.25, 0.3) is 5.92 Å². The number of aromatic nitrogens is 3. The number of methoxy groups -OCH3 is 1. The summed E-state index contributed by atoms with van der Waals surface area (Å²) in [4.78, 5) is 6.72. The van der Waals surface area contributed by atoms with Crippen LogP contribution in [0.5, 0.6) is 5.75 Å². The first-order valence-corrected chi connectivity index (χ1v) is 11.9. The minimum Gasteiger partial charge on any atom is -0.493 e. The number of nitrogens with zero attached hydrogens (tertiary/aromatic N) is 4. The Bertz CT molecular complexity index is 1040. The third-order valence-corrected chi connectivity index (χ3v) is 8.45. The molecule has 2 unspecified atom stereocenters. The highest BCUT2D eigenvalue weighted by molar-refractivity contribution is 8.05. The predicted molar refractivity (Wildman–Crippen MR) is 120 cm³/mol. The number of fused-ring (bicyclic) bond motifs is 2. The highest BCUT2D eigenvalue weighted by Crippen LogP contribution is 2.56. The van der Waals surface area contributed by atoms with Crippen LogP contribution in [0.15, 0.2) is 35.0 Å². The second-order valence-corrected chi connectivity index (χ2v) is 10.5. The van der Waals surface area contributed by atoms with Crippen molar-refractivity contribution in [3.8, 4) is 11.6 Å². The van der Waals surface area contributed by atoms with Gasteiger partial charge in [0.15, 0.2) is 11.6 Å². The number of alkyl halides is 2. The average molecular weight is 483 g/mol. The standard InChI is InChI=1S/C22H25ClF2N4O2S/c1-14-15(12-29(27-14)20-17(30-2)4-3-7-26-20)11-28-8-5-21(6-9-28)19-16(10-18(23)32-19)22(24,25)13-31-21/h3-4,7,10,12,16,19H,5-6,8-9,11,13H2,1-2H3. The number of halogens is 3. The van der Waals surface area contributed by atoms with E-state index < -0.39 is 24.0 Å². The summed E-state index contributed by atoms with van der Waals surface area (Å²) in [6.45, 7) is 3.71. The Morgan fingerprint density at radius 2 is 2.12 bits per heavy atom. The Kier molecular flexibility index (Phi) is 5.72. The molecule has 5 rings (SSSR count). The number of thioether (sulfide) groups is 1. The molecule has 2 aromatic rings. The van der Waals surface area contributed by atoms with Crippen LogP contribution in [0, 0.1) is 12.8 Å². The summed E-state index contributed by atoms with van der Waals surface area (Å²) in [6, 6.07) is 3.68. The van der Waals surface area contributed by atoms with Crippen molar-refractivity contribution in [2.75, 3.05) is 26.8 Å². The van der Waals surface area contributed by atoms with Gasteiger partial charge in [-0.2, -0.15) is 5.10 Å². The summed E-state index contributed by atoms with van der Waals surface area (Å²) in [5, 5.41) is 4.29. The number of hydrogen-bond acceptors (Lipinski definition) is 6. The Balaban J connectivity index is 1.28. The van der Waals surface area contributed by atoms with Crippen molar-refractivity contribution in [1.82, 2.24) is 19.7 Å². The number of allylic oxidation sites excluding steroid dienone is 1. The van der Waals surface area contributed by atoms with Gasteiger partial charge in [0.1, 0.15) is 6.61 Å². The first-order chi connectivity index (χ1) is 15.3. The van der Waals surface area contributed by atoms with Crippen molar-refractivity contribution in [1.29, 1.82) is 0 Å². The summed E-state index contributed by atoms with van der Waals surface area (Å²) in [5.74, 6) is -2.42. The van der Waals surface area contributed by atoms with E-state index in [0.717, 1.165) is 30.9 Å². The average Bonchev–Trinajstić information content (AvgIpc) is 3.37. The Morgan fingerprint density at radius 3 is 2.88 bits per heavy atom. The number of likely N-dealkylation sites (tertiary alicyclic amines) is 1. The van der Waals surface area contributed by atoms with E-state index >= 15 is 0 Å². The van der Waals surface area contributed by atoms with Crippen molar-refractivity contribution in [2.45, 2.75) is 43.1 Å². The monoisotopic (exact) mass is 482 g/mol. The number of rotatable bonds is 4. The summed E-state index contributed by atoms with van der Waals surface area (Å²) in [7, 11) is 1.61. The molecule has 0 amide bonds. The van der Waals surface area contributed by atoms with Crippen LogP contribution >= 0.6 is 23.4 Å². The smallest absolute Gasteiger partial charge is 0.278 e. The maximum Gasteiger partial charge on any atom is 0.278 e. The van der Waals surface area contributed by atoms with Crippen LogP contribution < -0.4 is 4.74 Å². The van der Waals surface area contributed by atoms with Crippen molar-refractivity contribution < 1.29 is 18.3 Å². The van der Waals surface area contributed by atoms with Gasteiger partial charge in [-0.15, -0.1) is 11.8 Å². The summed E-state index contributed by atoms with van der Waals surface area (Å²) in [6.07, 6.45) is 6.63. The quantitative estimate of drug-likeness (QED) is 0.644. The number of aryl methyl sites for hydroxylation is 1. The van der Waals surface area contributed by atoms with E-state index in [1.165, 1.54) is 17.8 Å². The molecule has 1 spiro atoms. The van der Waals surface area contributed by atoms with Gasteiger partial charge in [-0.05, 0) is 38.0 Å². The van der Waals surface area contributed by atoms with Gasteiger partial charge >= 0.3 is 0 Å². The molecule has 2 fully saturated rings. The molecule has 3 aliphatic heterocycles. The molecule has 0 N–H and O–H groups in total. The lowest BCUT2D eigenvalue weighted by atomic mass is 9.77. The van der Waals surface area contributed by atoms with Crippen molar-refractivity contribution >= 4 is 23.4 Å². The van der Waals surface area contributed by atoms with Gasteiger partial charge in [0.2, 0.25) is 0 Å². The van der Waals surface area contributed by atoms with E-state index in [1.807, 2.05) is 25.3 Å². The Labute approximate surface area is 194 Å². The molecule has 10 heteroatoms. The molecule has 6 nitrogen and oxygen atoms in total. The van der Waals surface area contributed by atoms with Crippen LogP contribution in [-0.4, -0.2) is 63.2 Å². The van der Waals surface area contributed by atoms with Gasteiger partial charge in [-0.25, -0.2) is 18.4 Å². The molecule has 3 aliphatic rings. The zero-order valence-electron chi connectivity index (χ0n) is 17.9. The van der Waals surface area contributed by atoms with Gasteiger partial charge in [-0.3, -0.25) is 4.90 Å². The van der Waals surface area contributed by atoms with E-state index in [0.29, 0.717) is 28.8 Å². The maximum atomic E-state index is 14.4. The minimum absolute atomic E-state index is 0.331. The van der Waals surface area contributed by atoms with Gasteiger partial charge in [0.05, 0.1) is 33.9 Å². The molecule has 5 heterocycles. The SMILES string of the molecule is COc1cccnc1-n1cc(CN2CCC3(CC2)OCC(F)(F)C2C=C(Cl)SC23)c(C)n1. The van der Waals surface area contributed by atoms with Crippen LogP contribution in [0.2, 0.25) is 0 Å². The minimum atomic E-state index is -2.87. The second kappa shape index (κ2) is 8.27. The molecule has 0 saturated carbocycles. The number of ether oxygens (including phenoxy) is 2. The van der Waals surface area contributed by atoms with Crippen molar-refractivity contribution in [2.24, 2.45) is 5.92 Å². The van der Waals surface area contributed by atoms with Crippen LogP contribution in [0.4, 0.5) is 8.78 Å². The molecule has 2 aromatic heterocycles. The molecule has 0 aromatic carbocycles. The molecule has 172 valence electrons. The molecule has 0 radical (unpaired) electrons. The normalized spacial score (nSPS) is 26.7. The largest absolute Gasteiger partial charge is 0.493 e. The number of hydrogen-bond donors (Lipinski definition) is 0. The molecule has 2 saturated heterocycles. The van der Waals surface area contributed by atoms with E-state index in [-0.39, 0.29) is 5.25 Å².